The molecule has 0 radical (unpaired) electrons. The number of nitro groups is 1. The lowest BCUT2D eigenvalue weighted by atomic mass is 10.1. The van der Waals surface area contributed by atoms with Gasteiger partial charge in [0, 0.05) is 37.4 Å². The summed E-state index contributed by atoms with van der Waals surface area (Å²) in [6, 6.07) is 5.29. The molecule has 29 heavy (non-hydrogen) atoms. The SMILES string of the molecule is CN(CCN(C)c1ccc(C(F)(F)F)cc1)CC1(C)Cn2cc([N+](=O)[O-])nc2O1. The van der Waals surface area contributed by atoms with E-state index in [4.69, 9.17) is 4.74 Å². The fourth-order valence-corrected chi connectivity index (χ4v) is 3.37. The fourth-order valence-electron chi connectivity index (χ4n) is 3.37. The van der Waals surface area contributed by atoms with E-state index in [-0.39, 0.29) is 11.8 Å². The molecule has 0 aliphatic carbocycles. The summed E-state index contributed by atoms with van der Waals surface area (Å²) in [5.74, 6) is -0.242. The largest absolute Gasteiger partial charge is 0.436 e. The number of aromatic nitrogens is 2. The predicted molar refractivity (Wildman–Crippen MR) is 100 cm³/mol. The molecule has 0 saturated heterocycles. The molecule has 0 bridgehead atoms. The van der Waals surface area contributed by atoms with Crippen molar-refractivity contribution in [2.75, 3.05) is 38.6 Å². The van der Waals surface area contributed by atoms with E-state index >= 15 is 0 Å². The van der Waals surface area contributed by atoms with Crippen molar-refractivity contribution >= 4 is 11.5 Å². The van der Waals surface area contributed by atoms with E-state index in [1.165, 1.54) is 18.3 Å². The van der Waals surface area contributed by atoms with Crippen LogP contribution < -0.4 is 9.64 Å². The van der Waals surface area contributed by atoms with Gasteiger partial charge >= 0.3 is 18.0 Å². The number of hydrogen-bond acceptors (Lipinski definition) is 6. The van der Waals surface area contributed by atoms with Crippen molar-refractivity contribution in [2.24, 2.45) is 0 Å². The summed E-state index contributed by atoms with van der Waals surface area (Å²) in [5.41, 5.74) is -0.544. The molecule has 0 spiro atoms. The highest BCUT2D eigenvalue weighted by atomic mass is 19.4. The van der Waals surface area contributed by atoms with Crippen LogP contribution in [0.1, 0.15) is 12.5 Å². The minimum Gasteiger partial charge on any atom is -0.436 e. The molecule has 1 atom stereocenters. The molecule has 1 aromatic carbocycles. The van der Waals surface area contributed by atoms with Crippen LogP contribution in [0.5, 0.6) is 6.01 Å². The third-order valence-corrected chi connectivity index (χ3v) is 4.81. The number of benzene rings is 1. The molecule has 158 valence electrons. The monoisotopic (exact) mass is 413 g/mol. The second-order valence-electron chi connectivity index (χ2n) is 7.52. The van der Waals surface area contributed by atoms with Crippen molar-refractivity contribution in [3.63, 3.8) is 0 Å². The standard InChI is InChI=1S/C18H22F3N5O3/c1-17(12-25-10-15(26(27)28)22-16(25)29-17)11-23(2)8-9-24(3)14-6-4-13(5-7-14)18(19,20)21/h4-7,10H,8-9,11-12H2,1-3H3. The Bertz CT molecular complexity index is 858. The highest BCUT2D eigenvalue weighted by Crippen LogP contribution is 2.32. The number of rotatable bonds is 7. The Morgan fingerprint density at radius 2 is 1.93 bits per heavy atom. The minimum atomic E-state index is -4.34. The van der Waals surface area contributed by atoms with Gasteiger partial charge in [0.15, 0.2) is 0 Å². The van der Waals surface area contributed by atoms with Crippen LogP contribution in [0.4, 0.5) is 24.7 Å². The number of alkyl halides is 3. The molecule has 1 aromatic heterocycles. The van der Waals surface area contributed by atoms with Gasteiger partial charge in [-0.2, -0.15) is 13.2 Å². The maximum Gasteiger partial charge on any atom is 0.416 e. The minimum absolute atomic E-state index is 0.231. The zero-order chi connectivity index (χ0) is 21.4. The Morgan fingerprint density at radius 3 is 2.48 bits per heavy atom. The van der Waals surface area contributed by atoms with Gasteiger partial charge in [0.2, 0.25) is 0 Å². The van der Waals surface area contributed by atoms with Crippen LogP contribution in [-0.2, 0) is 12.7 Å². The van der Waals surface area contributed by atoms with E-state index in [1.54, 1.807) is 4.57 Å². The van der Waals surface area contributed by atoms with Crippen molar-refractivity contribution < 1.29 is 22.8 Å². The lowest BCUT2D eigenvalue weighted by Crippen LogP contribution is -2.45. The van der Waals surface area contributed by atoms with Crippen LogP contribution in [0.25, 0.3) is 0 Å². The van der Waals surface area contributed by atoms with Crippen LogP contribution in [0, 0.1) is 10.1 Å². The maximum atomic E-state index is 12.7. The molecule has 8 nitrogen and oxygen atoms in total. The van der Waals surface area contributed by atoms with Gasteiger partial charge in [0.05, 0.1) is 12.1 Å². The van der Waals surface area contributed by atoms with Gasteiger partial charge in [-0.15, -0.1) is 0 Å². The second-order valence-corrected chi connectivity index (χ2v) is 7.52. The molecule has 2 aromatic rings. The van der Waals surface area contributed by atoms with E-state index in [9.17, 15) is 23.3 Å². The first-order chi connectivity index (χ1) is 13.5. The molecule has 1 aliphatic heterocycles. The molecule has 11 heteroatoms. The predicted octanol–water partition coefficient (Wildman–Crippen LogP) is 3.03. The number of nitrogens with zero attached hydrogens (tertiary/aromatic N) is 5. The van der Waals surface area contributed by atoms with Gasteiger partial charge in [-0.25, -0.2) is 0 Å². The maximum absolute atomic E-state index is 12.7. The van der Waals surface area contributed by atoms with E-state index in [0.717, 1.165) is 12.1 Å². The van der Waals surface area contributed by atoms with Gasteiger partial charge in [-0.05, 0) is 43.2 Å². The molecule has 0 saturated carbocycles. The zero-order valence-corrected chi connectivity index (χ0v) is 16.3. The summed E-state index contributed by atoms with van der Waals surface area (Å²) in [5, 5.41) is 10.8. The zero-order valence-electron chi connectivity index (χ0n) is 16.3. The Morgan fingerprint density at radius 1 is 1.28 bits per heavy atom. The van der Waals surface area contributed by atoms with Gasteiger partial charge in [-0.3, -0.25) is 4.57 Å². The number of ether oxygens (including phenoxy) is 1. The molecule has 0 amide bonds. The first kappa shape index (κ1) is 20.9. The molecule has 3 rings (SSSR count). The third-order valence-electron chi connectivity index (χ3n) is 4.81. The smallest absolute Gasteiger partial charge is 0.416 e. The first-order valence-corrected chi connectivity index (χ1v) is 8.94. The number of anilines is 1. The van der Waals surface area contributed by atoms with Gasteiger partial charge in [-0.1, -0.05) is 0 Å². The second kappa shape index (κ2) is 7.54. The van der Waals surface area contributed by atoms with Crippen LogP contribution in [-0.4, -0.2) is 58.7 Å². The number of likely N-dealkylation sites (N-methyl/N-ethyl adjacent to an activating group) is 2. The number of hydrogen-bond donors (Lipinski definition) is 0. The molecule has 0 fully saturated rings. The molecule has 0 N–H and O–H groups in total. The van der Waals surface area contributed by atoms with Gasteiger partial charge < -0.3 is 24.7 Å². The average Bonchev–Trinajstić information content (AvgIpc) is 3.14. The Balaban J connectivity index is 1.51. The molecule has 2 heterocycles. The van der Waals surface area contributed by atoms with Gasteiger partial charge in [0.25, 0.3) is 0 Å². The average molecular weight is 413 g/mol. The van der Waals surface area contributed by atoms with E-state index in [1.807, 2.05) is 30.8 Å². The lowest BCUT2D eigenvalue weighted by Gasteiger charge is -2.30. The highest BCUT2D eigenvalue weighted by molar-refractivity contribution is 5.47. The van der Waals surface area contributed by atoms with Crippen molar-refractivity contribution in [1.29, 1.82) is 0 Å². The quantitative estimate of drug-likeness (QED) is 0.513. The van der Waals surface area contributed by atoms with Crippen LogP contribution >= 0.6 is 0 Å². The lowest BCUT2D eigenvalue weighted by molar-refractivity contribution is -0.389. The van der Waals surface area contributed by atoms with Crippen LogP contribution in [0.2, 0.25) is 0 Å². The molecular formula is C18H22F3N5O3. The van der Waals surface area contributed by atoms with Crippen molar-refractivity contribution in [1.82, 2.24) is 14.5 Å². The Kier molecular flexibility index (Phi) is 5.44. The van der Waals surface area contributed by atoms with Gasteiger partial charge in [0.1, 0.15) is 11.8 Å². The molecular weight excluding hydrogens is 391 g/mol. The van der Waals surface area contributed by atoms with Crippen molar-refractivity contribution in [3.05, 3.63) is 46.1 Å². The van der Waals surface area contributed by atoms with Crippen molar-refractivity contribution in [3.8, 4) is 6.01 Å². The highest BCUT2D eigenvalue weighted by Gasteiger charge is 2.41. The Hall–Kier alpha value is -2.82. The van der Waals surface area contributed by atoms with E-state index < -0.39 is 22.3 Å². The van der Waals surface area contributed by atoms with Crippen LogP contribution in [0.15, 0.2) is 30.5 Å². The normalized spacial score (nSPS) is 18.6. The number of fused-ring (bicyclic) bond motifs is 1. The Labute approximate surface area is 165 Å². The van der Waals surface area contributed by atoms with Crippen molar-refractivity contribution in [2.45, 2.75) is 25.2 Å². The molecule has 1 unspecified atom stereocenters. The summed E-state index contributed by atoms with van der Waals surface area (Å²) >= 11 is 0. The molecule has 1 aliphatic rings. The number of imidazole rings is 1. The van der Waals surface area contributed by atoms with E-state index in [0.29, 0.717) is 31.9 Å². The summed E-state index contributed by atoms with van der Waals surface area (Å²) in [6.45, 7) is 4.17. The fraction of sp³-hybridized carbons (Fsp3) is 0.500. The topological polar surface area (TPSA) is 76.7 Å². The summed E-state index contributed by atoms with van der Waals surface area (Å²) in [6.07, 6.45) is -2.98. The summed E-state index contributed by atoms with van der Waals surface area (Å²) in [7, 11) is 3.73. The first-order valence-electron chi connectivity index (χ1n) is 8.94. The number of halogens is 3. The third kappa shape index (κ3) is 4.78. The summed E-state index contributed by atoms with van der Waals surface area (Å²) < 4.78 is 45.5. The summed E-state index contributed by atoms with van der Waals surface area (Å²) in [4.78, 5) is 18.0. The van der Waals surface area contributed by atoms with Crippen LogP contribution in [0.3, 0.4) is 0 Å². The van der Waals surface area contributed by atoms with E-state index in [2.05, 4.69) is 4.98 Å².